The minimum Gasteiger partial charge on any atom is -0.408 e. The minimum absolute atomic E-state index is 0.0515. The van der Waals surface area contributed by atoms with Gasteiger partial charge in [-0.05, 0) is 42.7 Å². The molecule has 2 aliphatic rings. The first-order chi connectivity index (χ1) is 17.3. The molecule has 0 radical (unpaired) electrons. The van der Waals surface area contributed by atoms with Crippen molar-refractivity contribution in [1.29, 1.82) is 0 Å². The molecule has 1 aromatic heterocycles. The predicted molar refractivity (Wildman–Crippen MR) is 134 cm³/mol. The number of aryl methyl sites for hydroxylation is 1. The van der Waals surface area contributed by atoms with Crippen LogP contribution in [0.15, 0.2) is 51.7 Å². The molecule has 3 aromatic rings. The van der Waals surface area contributed by atoms with Crippen LogP contribution in [0.3, 0.4) is 0 Å². The molecule has 9 heteroatoms. The molecule has 36 heavy (non-hydrogen) atoms. The molecule has 2 fully saturated rings. The van der Waals surface area contributed by atoms with Gasteiger partial charge in [-0.1, -0.05) is 19.1 Å². The van der Waals surface area contributed by atoms with E-state index in [1.165, 1.54) is 12.1 Å². The number of piperidine rings is 1. The number of aromatic nitrogens is 1. The molecule has 5 rings (SSSR count). The summed E-state index contributed by atoms with van der Waals surface area (Å²) in [5.41, 5.74) is 2.76. The number of rotatable bonds is 6. The maximum atomic E-state index is 13.5. The quantitative estimate of drug-likeness (QED) is 0.568. The van der Waals surface area contributed by atoms with Crippen molar-refractivity contribution in [1.82, 2.24) is 14.4 Å². The van der Waals surface area contributed by atoms with E-state index in [9.17, 15) is 18.8 Å². The molecule has 2 aliphatic heterocycles. The van der Waals surface area contributed by atoms with E-state index >= 15 is 0 Å². The average Bonchev–Trinajstić information content (AvgIpc) is 3.37. The fourth-order valence-electron chi connectivity index (χ4n) is 5.86. The summed E-state index contributed by atoms with van der Waals surface area (Å²) in [7, 11) is 0. The predicted octanol–water partition coefficient (Wildman–Crippen LogP) is 3.42. The van der Waals surface area contributed by atoms with E-state index in [1.54, 1.807) is 41.8 Å². The maximum absolute atomic E-state index is 13.5. The summed E-state index contributed by atoms with van der Waals surface area (Å²) < 4.78 is 20.4. The van der Waals surface area contributed by atoms with E-state index in [-0.39, 0.29) is 42.1 Å². The molecule has 190 valence electrons. The van der Waals surface area contributed by atoms with Gasteiger partial charge in [-0.15, -0.1) is 0 Å². The Morgan fingerprint density at radius 1 is 1.14 bits per heavy atom. The average molecular weight is 495 g/mol. The van der Waals surface area contributed by atoms with E-state index in [4.69, 9.17) is 4.42 Å². The van der Waals surface area contributed by atoms with Crippen LogP contribution in [0.2, 0.25) is 0 Å². The number of carbonyl (C=O) groups excluding carboxylic acids is 2. The highest BCUT2D eigenvalue weighted by molar-refractivity contribution is 5.94. The first-order valence-corrected chi connectivity index (χ1v) is 12.5. The van der Waals surface area contributed by atoms with Crippen molar-refractivity contribution >= 4 is 28.6 Å². The van der Waals surface area contributed by atoms with E-state index in [2.05, 4.69) is 10.2 Å². The van der Waals surface area contributed by atoms with Gasteiger partial charge in [0, 0.05) is 62.7 Å². The second-order valence-corrected chi connectivity index (χ2v) is 9.83. The van der Waals surface area contributed by atoms with Crippen molar-refractivity contribution in [2.24, 2.45) is 5.92 Å². The summed E-state index contributed by atoms with van der Waals surface area (Å²) in [5, 5.41) is 2.92. The standard InChI is InChI=1S/C27H31FN4O4/c1-3-11-31-24-9-8-20(13-25(24)36-27(31)35)29-26(34)16-30-12-10-23-22(14-30)21(15-32(23)17(2)33)18-4-6-19(28)7-5-18/h4-9,13,21-23H,3,10-12,14-16H2,1-2H3,(H,29,34)/t21-,22-,23-/m1/s1. The number of nitrogens with one attached hydrogen (secondary N) is 1. The van der Waals surface area contributed by atoms with E-state index in [0.717, 1.165) is 18.4 Å². The number of hydrogen-bond donors (Lipinski definition) is 1. The van der Waals surface area contributed by atoms with Gasteiger partial charge in [0.15, 0.2) is 5.58 Å². The first-order valence-electron chi connectivity index (χ1n) is 12.5. The molecule has 0 unspecified atom stereocenters. The normalized spacial score (nSPS) is 22.1. The monoisotopic (exact) mass is 494 g/mol. The second-order valence-electron chi connectivity index (χ2n) is 9.83. The number of halogens is 1. The number of anilines is 1. The zero-order chi connectivity index (χ0) is 25.4. The Kier molecular flexibility index (Phi) is 6.66. The summed E-state index contributed by atoms with van der Waals surface area (Å²) in [5.74, 6) is -0.505. The van der Waals surface area contributed by atoms with E-state index in [1.807, 2.05) is 11.8 Å². The smallest absolute Gasteiger partial charge is 0.408 e. The molecule has 2 aromatic carbocycles. The van der Waals surface area contributed by atoms with E-state index < -0.39 is 5.76 Å². The van der Waals surface area contributed by atoms with Crippen LogP contribution in [-0.2, 0) is 16.1 Å². The summed E-state index contributed by atoms with van der Waals surface area (Å²) in [6.45, 7) is 6.39. The summed E-state index contributed by atoms with van der Waals surface area (Å²) in [6, 6.07) is 11.9. The lowest BCUT2D eigenvalue weighted by atomic mass is 9.82. The number of fused-ring (bicyclic) bond motifs is 2. The fourth-order valence-corrected chi connectivity index (χ4v) is 5.86. The van der Waals surface area contributed by atoms with Gasteiger partial charge < -0.3 is 14.6 Å². The number of oxazole rings is 1. The molecule has 1 N–H and O–H groups in total. The number of hydrogen-bond acceptors (Lipinski definition) is 5. The van der Waals surface area contributed by atoms with Crippen LogP contribution in [0.1, 0.15) is 38.2 Å². The zero-order valence-corrected chi connectivity index (χ0v) is 20.6. The lowest BCUT2D eigenvalue weighted by molar-refractivity contribution is -0.131. The van der Waals surface area contributed by atoms with Gasteiger partial charge in [0.25, 0.3) is 0 Å². The highest BCUT2D eigenvalue weighted by Gasteiger charge is 2.46. The molecule has 3 atom stereocenters. The summed E-state index contributed by atoms with van der Waals surface area (Å²) in [6.07, 6.45) is 1.61. The Balaban J connectivity index is 1.27. The topological polar surface area (TPSA) is 87.8 Å². The molecule has 0 saturated carbocycles. The largest absolute Gasteiger partial charge is 0.419 e. The van der Waals surface area contributed by atoms with Gasteiger partial charge in [0.05, 0.1) is 12.1 Å². The molecule has 8 nitrogen and oxygen atoms in total. The molecule has 3 heterocycles. The summed E-state index contributed by atoms with van der Waals surface area (Å²) in [4.78, 5) is 41.3. The van der Waals surface area contributed by atoms with Crippen molar-refractivity contribution in [3.8, 4) is 0 Å². The Hall–Kier alpha value is -3.46. The fraction of sp³-hybridized carbons (Fsp3) is 0.444. The van der Waals surface area contributed by atoms with Crippen LogP contribution in [0.4, 0.5) is 10.1 Å². The second kappa shape index (κ2) is 9.89. The molecule has 0 aliphatic carbocycles. The van der Waals surface area contributed by atoms with Crippen molar-refractivity contribution in [2.45, 2.75) is 45.2 Å². The van der Waals surface area contributed by atoms with Crippen molar-refractivity contribution in [3.63, 3.8) is 0 Å². The number of benzene rings is 2. The highest BCUT2D eigenvalue weighted by atomic mass is 19.1. The van der Waals surface area contributed by atoms with Gasteiger partial charge in [0.2, 0.25) is 11.8 Å². The first kappa shape index (κ1) is 24.2. The van der Waals surface area contributed by atoms with Gasteiger partial charge in [-0.2, -0.15) is 0 Å². The van der Waals surface area contributed by atoms with Crippen LogP contribution in [0, 0.1) is 11.7 Å². The van der Waals surface area contributed by atoms with E-state index in [0.29, 0.717) is 43.0 Å². The molecular weight excluding hydrogens is 463 g/mol. The number of carbonyl (C=O) groups is 2. The Labute approximate surface area is 208 Å². The zero-order valence-electron chi connectivity index (χ0n) is 20.6. The van der Waals surface area contributed by atoms with Gasteiger partial charge in [-0.3, -0.25) is 19.1 Å². The van der Waals surface area contributed by atoms with Crippen molar-refractivity contribution < 1.29 is 18.4 Å². The number of amides is 2. The van der Waals surface area contributed by atoms with Gasteiger partial charge in [-0.25, -0.2) is 9.18 Å². The Morgan fingerprint density at radius 3 is 2.64 bits per heavy atom. The number of likely N-dealkylation sites (tertiary alicyclic amines) is 2. The molecule has 0 spiro atoms. The van der Waals surface area contributed by atoms with Crippen molar-refractivity contribution in [3.05, 3.63) is 64.4 Å². The van der Waals surface area contributed by atoms with Crippen LogP contribution in [0.25, 0.3) is 11.1 Å². The lowest BCUT2D eigenvalue weighted by Crippen LogP contribution is -2.49. The van der Waals surface area contributed by atoms with Crippen LogP contribution < -0.4 is 11.1 Å². The van der Waals surface area contributed by atoms with Gasteiger partial charge in [0.1, 0.15) is 5.82 Å². The third-order valence-electron chi connectivity index (χ3n) is 7.48. The van der Waals surface area contributed by atoms with Crippen molar-refractivity contribution in [2.75, 3.05) is 31.5 Å². The molecule has 2 saturated heterocycles. The van der Waals surface area contributed by atoms with Crippen LogP contribution in [0.5, 0.6) is 0 Å². The maximum Gasteiger partial charge on any atom is 0.419 e. The molecule has 2 amide bonds. The molecular formula is C27H31FN4O4. The summed E-state index contributed by atoms with van der Waals surface area (Å²) >= 11 is 0. The third-order valence-corrected chi connectivity index (χ3v) is 7.48. The van der Waals surface area contributed by atoms with Crippen LogP contribution >= 0.6 is 0 Å². The SMILES string of the molecule is CCCn1c(=O)oc2cc(NC(=O)CN3CC[C@@H]4[C@H](C3)[C@@H](c3ccc(F)cc3)CN4C(C)=O)ccc21. The van der Waals surface area contributed by atoms with Gasteiger partial charge >= 0.3 is 5.76 Å². The third kappa shape index (κ3) is 4.67. The molecule has 0 bridgehead atoms. The Morgan fingerprint density at radius 2 is 1.92 bits per heavy atom. The number of nitrogens with zero attached hydrogens (tertiary/aromatic N) is 3. The minimum atomic E-state index is -0.398. The highest BCUT2D eigenvalue weighted by Crippen LogP contribution is 2.41. The Bertz CT molecular complexity index is 1330. The lowest BCUT2D eigenvalue weighted by Gasteiger charge is -2.38. The van der Waals surface area contributed by atoms with Crippen LogP contribution in [-0.4, -0.2) is 58.4 Å².